The Morgan fingerprint density at radius 2 is 1.92 bits per heavy atom. The van der Waals surface area contributed by atoms with Crippen LogP contribution in [0.15, 0.2) is 11.1 Å². The van der Waals surface area contributed by atoms with Crippen molar-refractivity contribution in [3.05, 3.63) is 11.1 Å². The van der Waals surface area contributed by atoms with Gasteiger partial charge in [-0.1, -0.05) is 11.1 Å². The highest BCUT2D eigenvalue weighted by Gasteiger charge is 2.26. The highest BCUT2D eigenvalue weighted by Crippen LogP contribution is 2.29. The van der Waals surface area contributed by atoms with E-state index >= 15 is 0 Å². The van der Waals surface area contributed by atoms with Crippen molar-refractivity contribution in [2.45, 2.75) is 32.7 Å². The maximum Gasteiger partial charge on any atom is 0.0311 e. The molecule has 1 N–H and O–H groups in total. The van der Waals surface area contributed by atoms with E-state index in [1.54, 1.807) is 11.1 Å². The van der Waals surface area contributed by atoms with Gasteiger partial charge in [0.25, 0.3) is 0 Å². The molecule has 0 bridgehead atoms. The fourth-order valence-corrected chi connectivity index (χ4v) is 2.50. The van der Waals surface area contributed by atoms with Crippen LogP contribution >= 0.6 is 0 Å². The van der Waals surface area contributed by atoms with Gasteiger partial charge in [-0.25, -0.2) is 0 Å². The third-order valence-electron chi connectivity index (χ3n) is 3.56. The highest BCUT2D eigenvalue weighted by atomic mass is 15.2. The molecule has 0 saturated carbocycles. The molecule has 1 unspecified atom stereocenters. The van der Waals surface area contributed by atoms with E-state index in [0.717, 1.165) is 6.04 Å². The van der Waals surface area contributed by atoms with E-state index in [1.807, 2.05) is 0 Å². The molecule has 0 aromatic rings. The minimum Gasteiger partial charge on any atom is -0.314 e. The Balaban J connectivity index is 2.00. The first-order valence-electron chi connectivity index (χ1n) is 5.40. The summed E-state index contributed by atoms with van der Waals surface area (Å²) in [6, 6.07) is 0.766. The smallest absolute Gasteiger partial charge is 0.0311 e. The van der Waals surface area contributed by atoms with E-state index in [9.17, 15) is 0 Å². The number of nitrogens with zero attached hydrogens (tertiary/aromatic N) is 1. The van der Waals surface area contributed by atoms with Gasteiger partial charge in [0.15, 0.2) is 0 Å². The lowest BCUT2D eigenvalue weighted by Gasteiger charge is -2.33. The SMILES string of the molecule is CC1=C(C)C(N2CCNCC2)CC1. The van der Waals surface area contributed by atoms with Crippen molar-refractivity contribution in [1.82, 2.24) is 10.2 Å². The van der Waals surface area contributed by atoms with Gasteiger partial charge in [0.05, 0.1) is 0 Å². The predicted molar refractivity (Wildman–Crippen MR) is 55.8 cm³/mol. The molecule has 74 valence electrons. The van der Waals surface area contributed by atoms with Crippen LogP contribution in [0, 0.1) is 0 Å². The van der Waals surface area contributed by atoms with E-state index in [0.29, 0.717) is 0 Å². The Morgan fingerprint density at radius 1 is 1.23 bits per heavy atom. The minimum atomic E-state index is 0.766. The van der Waals surface area contributed by atoms with Crippen LogP contribution in [0.4, 0.5) is 0 Å². The van der Waals surface area contributed by atoms with Gasteiger partial charge in [0.1, 0.15) is 0 Å². The Hall–Kier alpha value is -0.340. The van der Waals surface area contributed by atoms with Crippen molar-refractivity contribution in [3.63, 3.8) is 0 Å². The second-order valence-electron chi connectivity index (χ2n) is 4.30. The van der Waals surface area contributed by atoms with Crippen molar-refractivity contribution in [2.24, 2.45) is 0 Å². The fraction of sp³-hybridized carbons (Fsp3) is 0.818. The maximum atomic E-state index is 3.41. The number of piperazine rings is 1. The molecule has 2 heteroatoms. The highest BCUT2D eigenvalue weighted by molar-refractivity contribution is 5.22. The van der Waals surface area contributed by atoms with Crippen LogP contribution < -0.4 is 5.32 Å². The van der Waals surface area contributed by atoms with E-state index in [4.69, 9.17) is 0 Å². The Morgan fingerprint density at radius 3 is 2.46 bits per heavy atom. The third kappa shape index (κ3) is 1.79. The van der Waals surface area contributed by atoms with Crippen molar-refractivity contribution < 1.29 is 0 Å². The molecular weight excluding hydrogens is 160 g/mol. The second-order valence-corrected chi connectivity index (χ2v) is 4.30. The normalized spacial score (nSPS) is 31.4. The quantitative estimate of drug-likeness (QED) is 0.613. The summed E-state index contributed by atoms with van der Waals surface area (Å²) >= 11 is 0. The largest absolute Gasteiger partial charge is 0.314 e. The second kappa shape index (κ2) is 3.81. The summed E-state index contributed by atoms with van der Waals surface area (Å²) in [5.74, 6) is 0. The molecular formula is C11H20N2. The Bertz CT molecular complexity index is 214. The summed E-state index contributed by atoms with van der Waals surface area (Å²) in [7, 11) is 0. The molecule has 0 radical (unpaired) electrons. The first-order chi connectivity index (χ1) is 6.29. The van der Waals surface area contributed by atoms with Crippen LogP contribution in [-0.4, -0.2) is 37.1 Å². The number of nitrogens with one attached hydrogen (secondary N) is 1. The van der Waals surface area contributed by atoms with Crippen LogP contribution in [0.1, 0.15) is 26.7 Å². The van der Waals surface area contributed by atoms with E-state index in [1.165, 1.54) is 39.0 Å². The van der Waals surface area contributed by atoms with Crippen molar-refractivity contribution in [1.29, 1.82) is 0 Å². The number of rotatable bonds is 1. The van der Waals surface area contributed by atoms with Crippen LogP contribution in [-0.2, 0) is 0 Å². The number of hydrogen-bond acceptors (Lipinski definition) is 2. The van der Waals surface area contributed by atoms with E-state index in [-0.39, 0.29) is 0 Å². The molecule has 2 rings (SSSR count). The fourth-order valence-electron chi connectivity index (χ4n) is 2.50. The molecule has 0 aromatic carbocycles. The minimum absolute atomic E-state index is 0.766. The molecule has 2 nitrogen and oxygen atoms in total. The number of hydrogen-bond donors (Lipinski definition) is 1. The van der Waals surface area contributed by atoms with E-state index < -0.39 is 0 Å². The maximum absolute atomic E-state index is 3.41. The van der Waals surface area contributed by atoms with Gasteiger partial charge in [-0.2, -0.15) is 0 Å². The number of allylic oxidation sites excluding steroid dienone is 1. The van der Waals surface area contributed by atoms with Gasteiger partial charge in [0.2, 0.25) is 0 Å². The summed E-state index contributed by atoms with van der Waals surface area (Å²) in [6.07, 6.45) is 2.68. The molecule has 1 atom stereocenters. The zero-order valence-electron chi connectivity index (χ0n) is 8.77. The lowest BCUT2D eigenvalue weighted by Crippen LogP contribution is -2.48. The summed E-state index contributed by atoms with van der Waals surface area (Å²) in [6.45, 7) is 9.41. The molecule has 1 fully saturated rings. The molecule has 0 aromatic heterocycles. The molecule has 0 amide bonds. The van der Waals surface area contributed by atoms with Crippen LogP contribution in [0.2, 0.25) is 0 Å². The summed E-state index contributed by atoms with van der Waals surface area (Å²) in [5, 5.41) is 3.41. The first-order valence-corrected chi connectivity index (χ1v) is 5.40. The molecule has 1 saturated heterocycles. The monoisotopic (exact) mass is 180 g/mol. The Labute approximate surface area is 81.0 Å². The van der Waals surface area contributed by atoms with Gasteiger partial charge < -0.3 is 5.32 Å². The molecule has 1 heterocycles. The van der Waals surface area contributed by atoms with Crippen LogP contribution in [0.25, 0.3) is 0 Å². The molecule has 2 aliphatic rings. The van der Waals surface area contributed by atoms with Crippen LogP contribution in [0.5, 0.6) is 0 Å². The lowest BCUT2D eigenvalue weighted by atomic mass is 10.1. The summed E-state index contributed by atoms with van der Waals surface area (Å²) in [4.78, 5) is 2.64. The van der Waals surface area contributed by atoms with Gasteiger partial charge in [-0.05, 0) is 26.7 Å². The van der Waals surface area contributed by atoms with Crippen molar-refractivity contribution in [2.75, 3.05) is 26.2 Å². The lowest BCUT2D eigenvalue weighted by molar-refractivity contribution is 0.194. The topological polar surface area (TPSA) is 15.3 Å². The third-order valence-corrected chi connectivity index (χ3v) is 3.56. The van der Waals surface area contributed by atoms with Crippen LogP contribution in [0.3, 0.4) is 0 Å². The molecule has 13 heavy (non-hydrogen) atoms. The summed E-state index contributed by atoms with van der Waals surface area (Å²) < 4.78 is 0. The molecule has 1 aliphatic heterocycles. The summed E-state index contributed by atoms with van der Waals surface area (Å²) in [5.41, 5.74) is 3.27. The standard InChI is InChI=1S/C11H20N2/c1-9-3-4-11(10(9)2)13-7-5-12-6-8-13/h11-12H,3-8H2,1-2H3. The molecule has 1 aliphatic carbocycles. The van der Waals surface area contributed by atoms with Crippen molar-refractivity contribution >= 4 is 0 Å². The van der Waals surface area contributed by atoms with Crippen molar-refractivity contribution in [3.8, 4) is 0 Å². The average Bonchev–Trinajstić information content (AvgIpc) is 2.49. The van der Waals surface area contributed by atoms with Gasteiger partial charge >= 0.3 is 0 Å². The Kier molecular flexibility index (Phi) is 2.70. The first kappa shape index (κ1) is 9.22. The van der Waals surface area contributed by atoms with Gasteiger partial charge in [0, 0.05) is 32.2 Å². The zero-order chi connectivity index (χ0) is 9.26. The zero-order valence-corrected chi connectivity index (χ0v) is 8.77. The van der Waals surface area contributed by atoms with Gasteiger partial charge in [-0.15, -0.1) is 0 Å². The average molecular weight is 180 g/mol. The van der Waals surface area contributed by atoms with E-state index in [2.05, 4.69) is 24.1 Å². The predicted octanol–water partition coefficient (Wildman–Crippen LogP) is 1.39. The van der Waals surface area contributed by atoms with Gasteiger partial charge in [-0.3, -0.25) is 4.90 Å². The molecule has 0 spiro atoms.